The molecule has 2 saturated heterocycles. The number of urea groups is 1. The van der Waals surface area contributed by atoms with E-state index in [2.05, 4.69) is 16.3 Å². The van der Waals surface area contributed by atoms with Gasteiger partial charge in [0.05, 0.1) is 32.0 Å². The van der Waals surface area contributed by atoms with Gasteiger partial charge in [0.25, 0.3) is 5.91 Å². The third kappa shape index (κ3) is 5.84. The molecule has 0 radical (unpaired) electrons. The topological polar surface area (TPSA) is 91.2 Å². The molecule has 0 unspecified atom stereocenters. The van der Waals surface area contributed by atoms with E-state index in [1.165, 1.54) is 12.8 Å². The van der Waals surface area contributed by atoms with Crippen LogP contribution < -0.4 is 19.9 Å². The highest BCUT2D eigenvalue weighted by Crippen LogP contribution is 2.30. The van der Waals surface area contributed by atoms with E-state index in [-0.39, 0.29) is 11.9 Å². The summed E-state index contributed by atoms with van der Waals surface area (Å²) in [6, 6.07) is 18.9. The van der Waals surface area contributed by atoms with E-state index in [0.29, 0.717) is 43.2 Å². The fourth-order valence-corrected chi connectivity index (χ4v) is 5.68. The summed E-state index contributed by atoms with van der Waals surface area (Å²) < 4.78 is 11.1. The molecule has 2 aromatic heterocycles. The van der Waals surface area contributed by atoms with Gasteiger partial charge in [-0.25, -0.2) is 9.78 Å². The number of pyridine rings is 1. The zero-order chi connectivity index (χ0) is 28.2. The van der Waals surface area contributed by atoms with E-state index in [4.69, 9.17) is 14.1 Å². The van der Waals surface area contributed by atoms with Crippen molar-refractivity contribution >= 4 is 34.3 Å². The van der Waals surface area contributed by atoms with Crippen molar-refractivity contribution in [3.8, 4) is 5.75 Å². The van der Waals surface area contributed by atoms with Gasteiger partial charge in [0.2, 0.25) is 0 Å². The van der Waals surface area contributed by atoms with Gasteiger partial charge in [0.1, 0.15) is 17.3 Å². The molecule has 0 aliphatic carbocycles. The predicted octanol–water partition coefficient (Wildman–Crippen LogP) is 5.59. The Labute approximate surface area is 239 Å². The monoisotopic (exact) mass is 553 g/mol. The summed E-state index contributed by atoms with van der Waals surface area (Å²) in [5.74, 6) is 2.23. The molecule has 9 heteroatoms. The van der Waals surface area contributed by atoms with E-state index >= 15 is 0 Å². The quantitative estimate of drug-likeness (QED) is 0.306. The molecule has 6 rings (SSSR count). The lowest BCUT2D eigenvalue weighted by molar-refractivity contribution is 0.0718. The highest BCUT2D eigenvalue weighted by atomic mass is 16.5. The number of rotatable bonds is 8. The number of nitrogens with one attached hydrogen (secondary N) is 1. The number of nitrogens with zero attached hydrogens (tertiary/aromatic N) is 4. The Balaban J connectivity index is 1.38. The van der Waals surface area contributed by atoms with Gasteiger partial charge in [0.15, 0.2) is 0 Å². The summed E-state index contributed by atoms with van der Waals surface area (Å²) in [6.45, 7) is 3.68. The molecular formula is C32H35N5O4. The fraction of sp³-hybridized carbons (Fsp3) is 0.344. The highest BCUT2D eigenvalue weighted by Gasteiger charge is 2.25. The van der Waals surface area contributed by atoms with Crippen molar-refractivity contribution in [2.24, 2.45) is 0 Å². The van der Waals surface area contributed by atoms with Crippen LogP contribution in [-0.2, 0) is 13.1 Å². The number of anilines is 2. The number of ether oxygens (including phenoxy) is 1. The van der Waals surface area contributed by atoms with Crippen LogP contribution >= 0.6 is 0 Å². The van der Waals surface area contributed by atoms with Crippen molar-refractivity contribution < 1.29 is 18.7 Å². The second kappa shape index (κ2) is 11.9. The van der Waals surface area contributed by atoms with E-state index in [1.54, 1.807) is 35.3 Å². The molecule has 2 aliphatic heterocycles. The smallest absolute Gasteiger partial charge is 0.321 e. The number of amides is 3. The van der Waals surface area contributed by atoms with E-state index in [0.717, 1.165) is 54.0 Å². The van der Waals surface area contributed by atoms with Crippen LogP contribution in [0.15, 0.2) is 71.3 Å². The number of carbonyl (C=O) groups is 2. The lowest BCUT2D eigenvalue weighted by Gasteiger charge is -2.28. The SMILES string of the molecule is COc1ccc2cc(CN(Cc3ccco3)C(=O)c3cccc(N4CCNC4=O)c3)c(N3CCCCCC3)nc2c1. The molecule has 2 aromatic carbocycles. The van der Waals surface area contributed by atoms with Gasteiger partial charge in [-0.15, -0.1) is 0 Å². The minimum Gasteiger partial charge on any atom is -0.497 e. The van der Waals surface area contributed by atoms with Crippen molar-refractivity contribution in [3.05, 3.63) is 83.8 Å². The molecule has 1 N–H and O–H groups in total. The first-order valence-corrected chi connectivity index (χ1v) is 14.3. The Morgan fingerprint density at radius 1 is 1.00 bits per heavy atom. The Hall–Kier alpha value is -4.53. The Bertz CT molecular complexity index is 1530. The maximum absolute atomic E-state index is 14.1. The lowest BCUT2D eigenvalue weighted by atomic mass is 10.1. The lowest BCUT2D eigenvalue weighted by Crippen LogP contribution is -2.33. The van der Waals surface area contributed by atoms with Crippen LogP contribution in [0.5, 0.6) is 5.75 Å². The number of hydrogen-bond donors (Lipinski definition) is 1. The fourth-order valence-electron chi connectivity index (χ4n) is 5.68. The van der Waals surface area contributed by atoms with Crippen LogP contribution in [0.1, 0.15) is 47.4 Å². The summed E-state index contributed by atoms with van der Waals surface area (Å²) in [5, 5.41) is 3.82. The van der Waals surface area contributed by atoms with Gasteiger partial charge in [-0.05, 0) is 61.4 Å². The molecule has 2 fully saturated rings. The van der Waals surface area contributed by atoms with Gasteiger partial charge in [-0.2, -0.15) is 0 Å². The molecule has 41 heavy (non-hydrogen) atoms. The number of fused-ring (bicyclic) bond motifs is 1. The van der Waals surface area contributed by atoms with Crippen LogP contribution in [0, 0.1) is 0 Å². The molecule has 4 heterocycles. The number of aromatic nitrogens is 1. The molecule has 212 valence electrons. The zero-order valence-electron chi connectivity index (χ0n) is 23.3. The number of benzene rings is 2. The van der Waals surface area contributed by atoms with Crippen LogP contribution in [0.3, 0.4) is 0 Å². The van der Waals surface area contributed by atoms with E-state index in [9.17, 15) is 9.59 Å². The average Bonchev–Trinajstić information content (AvgIpc) is 3.60. The van der Waals surface area contributed by atoms with Gasteiger partial charge < -0.3 is 24.3 Å². The molecule has 0 saturated carbocycles. The molecule has 0 bridgehead atoms. The Kier molecular flexibility index (Phi) is 7.75. The maximum atomic E-state index is 14.1. The predicted molar refractivity (Wildman–Crippen MR) is 158 cm³/mol. The summed E-state index contributed by atoms with van der Waals surface area (Å²) in [6.07, 6.45) is 6.27. The van der Waals surface area contributed by atoms with Crippen LogP contribution in [0.4, 0.5) is 16.3 Å². The standard InChI is InChI=1S/C32H35N5O4/c1-40-27-12-11-23-18-25(30(34-29(23)20-27)35-14-4-2-3-5-15-35)21-36(22-28-10-7-17-41-28)31(38)24-8-6-9-26(19-24)37-16-13-33-32(37)39/h6-12,17-20H,2-5,13-16,21-22H2,1H3,(H,33,39). The number of methoxy groups -OCH3 is 1. The van der Waals surface area contributed by atoms with Crippen LogP contribution in [-0.4, -0.2) is 55.1 Å². The second-order valence-corrected chi connectivity index (χ2v) is 10.6. The van der Waals surface area contributed by atoms with Crippen molar-refractivity contribution in [3.63, 3.8) is 0 Å². The largest absolute Gasteiger partial charge is 0.497 e. The van der Waals surface area contributed by atoms with Crippen molar-refractivity contribution in [1.29, 1.82) is 0 Å². The summed E-state index contributed by atoms with van der Waals surface area (Å²) in [4.78, 5) is 37.4. The Morgan fingerprint density at radius 3 is 2.59 bits per heavy atom. The van der Waals surface area contributed by atoms with Crippen molar-refractivity contribution in [1.82, 2.24) is 15.2 Å². The van der Waals surface area contributed by atoms with Gasteiger partial charge in [0, 0.05) is 54.4 Å². The van der Waals surface area contributed by atoms with Crippen molar-refractivity contribution in [2.75, 3.05) is 43.1 Å². The Morgan fingerprint density at radius 2 is 1.85 bits per heavy atom. The molecule has 9 nitrogen and oxygen atoms in total. The van der Waals surface area contributed by atoms with Gasteiger partial charge >= 0.3 is 6.03 Å². The molecule has 0 atom stereocenters. The molecule has 3 amide bonds. The second-order valence-electron chi connectivity index (χ2n) is 10.6. The highest BCUT2D eigenvalue weighted by molar-refractivity contribution is 5.98. The zero-order valence-corrected chi connectivity index (χ0v) is 23.3. The average molecular weight is 554 g/mol. The molecule has 2 aliphatic rings. The van der Waals surface area contributed by atoms with Crippen LogP contribution in [0.25, 0.3) is 10.9 Å². The first-order chi connectivity index (χ1) is 20.1. The number of hydrogen-bond acceptors (Lipinski definition) is 6. The maximum Gasteiger partial charge on any atom is 0.321 e. The third-order valence-corrected chi connectivity index (χ3v) is 7.82. The summed E-state index contributed by atoms with van der Waals surface area (Å²) in [7, 11) is 1.66. The van der Waals surface area contributed by atoms with Gasteiger partial charge in [-0.3, -0.25) is 9.69 Å². The minimum absolute atomic E-state index is 0.139. The molecule has 0 spiro atoms. The molecular weight excluding hydrogens is 518 g/mol. The first-order valence-electron chi connectivity index (χ1n) is 14.3. The number of carbonyl (C=O) groups excluding carboxylic acids is 2. The normalized spacial score (nSPS) is 15.6. The van der Waals surface area contributed by atoms with Crippen molar-refractivity contribution in [2.45, 2.75) is 38.8 Å². The molecule has 4 aromatic rings. The summed E-state index contributed by atoms with van der Waals surface area (Å²) >= 11 is 0. The van der Waals surface area contributed by atoms with Crippen LogP contribution in [0.2, 0.25) is 0 Å². The summed E-state index contributed by atoms with van der Waals surface area (Å²) in [5.41, 5.74) is 3.08. The first kappa shape index (κ1) is 26.7. The minimum atomic E-state index is -0.150. The number of furan rings is 1. The van der Waals surface area contributed by atoms with Gasteiger partial charge in [-0.1, -0.05) is 18.9 Å². The van der Waals surface area contributed by atoms with E-state index < -0.39 is 0 Å². The third-order valence-electron chi connectivity index (χ3n) is 7.82. The van der Waals surface area contributed by atoms with E-state index in [1.807, 2.05) is 42.5 Å².